The average molecular weight is 411 g/mol. The fraction of sp³-hybridized carbons (Fsp3) is 0.526. The maximum Gasteiger partial charge on any atom is 0.327 e. The first-order valence-electron chi connectivity index (χ1n) is 8.88. The van der Waals surface area contributed by atoms with Crippen LogP contribution in [0.3, 0.4) is 0 Å². The van der Waals surface area contributed by atoms with E-state index in [9.17, 15) is 14.4 Å². The van der Waals surface area contributed by atoms with Gasteiger partial charge in [-0.05, 0) is 43.0 Å². The quantitative estimate of drug-likeness (QED) is 0.572. The zero-order chi connectivity index (χ0) is 19.8. The molecular formula is C19H23ClN2O4S. The summed E-state index contributed by atoms with van der Waals surface area (Å²) in [6.45, 7) is 1.94. The smallest absolute Gasteiger partial charge is 0.327 e. The van der Waals surface area contributed by atoms with Gasteiger partial charge in [-0.2, -0.15) is 11.8 Å². The molecular weight excluding hydrogens is 388 g/mol. The van der Waals surface area contributed by atoms with E-state index < -0.39 is 29.4 Å². The molecule has 2 aliphatic rings. The molecule has 0 bridgehead atoms. The predicted octanol–water partition coefficient (Wildman–Crippen LogP) is 2.27. The van der Waals surface area contributed by atoms with E-state index in [-0.39, 0.29) is 18.4 Å². The lowest BCUT2D eigenvalue weighted by Crippen LogP contribution is -2.56. The molecule has 2 fully saturated rings. The van der Waals surface area contributed by atoms with Gasteiger partial charge < -0.3 is 4.74 Å². The van der Waals surface area contributed by atoms with Crippen molar-refractivity contribution < 1.29 is 19.1 Å². The van der Waals surface area contributed by atoms with E-state index in [1.54, 1.807) is 30.8 Å². The van der Waals surface area contributed by atoms with E-state index in [1.807, 2.05) is 18.4 Å². The van der Waals surface area contributed by atoms with E-state index in [4.69, 9.17) is 16.3 Å². The van der Waals surface area contributed by atoms with E-state index >= 15 is 0 Å². The Morgan fingerprint density at radius 3 is 2.56 bits per heavy atom. The molecule has 6 nitrogen and oxygen atoms in total. The molecule has 146 valence electrons. The number of halogens is 1. The minimum Gasteiger partial charge on any atom is -0.465 e. The van der Waals surface area contributed by atoms with E-state index in [0.717, 1.165) is 10.5 Å². The molecule has 4 atom stereocenters. The zero-order valence-electron chi connectivity index (χ0n) is 15.5. The van der Waals surface area contributed by atoms with Crippen molar-refractivity contribution in [1.82, 2.24) is 10.2 Å². The lowest BCUT2D eigenvalue weighted by Gasteiger charge is -2.32. The molecule has 2 amide bonds. The van der Waals surface area contributed by atoms with Crippen LogP contribution in [0.15, 0.2) is 24.3 Å². The second kappa shape index (κ2) is 7.81. The lowest BCUT2D eigenvalue weighted by atomic mass is 9.78. The molecule has 1 aromatic rings. The standard InChI is InChI=1S/C19H23ClN2O4S/c1-4-26-18(25)19(9-10-27-3)14-13(16(23)22(2)17(14)24)15(21-19)11-5-7-12(20)8-6-11/h5-8,13-15,21H,4,9-10H2,1-3H3/t13-,14-,15-,19+/m0/s1. The number of carbonyl (C=O) groups is 3. The Balaban J connectivity index is 2.10. The Hall–Kier alpha value is -1.57. The highest BCUT2D eigenvalue weighted by Crippen LogP contribution is 2.50. The molecule has 0 spiro atoms. The molecule has 8 heteroatoms. The van der Waals surface area contributed by atoms with Gasteiger partial charge in [0.1, 0.15) is 5.54 Å². The number of fused-ring (bicyclic) bond motifs is 1. The fourth-order valence-electron chi connectivity index (χ4n) is 4.15. The van der Waals surface area contributed by atoms with Crippen molar-refractivity contribution in [2.75, 3.05) is 25.7 Å². The number of imide groups is 1. The third kappa shape index (κ3) is 3.26. The van der Waals surface area contributed by atoms with Crippen molar-refractivity contribution >= 4 is 41.1 Å². The molecule has 0 unspecified atom stereocenters. The average Bonchev–Trinajstić information content (AvgIpc) is 3.11. The summed E-state index contributed by atoms with van der Waals surface area (Å²) in [5, 5.41) is 3.93. The number of amides is 2. The third-order valence-electron chi connectivity index (χ3n) is 5.44. The van der Waals surface area contributed by atoms with Gasteiger partial charge in [-0.3, -0.25) is 24.6 Å². The number of thioether (sulfide) groups is 1. The van der Waals surface area contributed by atoms with Crippen LogP contribution in [0.1, 0.15) is 24.9 Å². The first-order chi connectivity index (χ1) is 12.9. The van der Waals surface area contributed by atoms with Gasteiger partial charge in [-0.1, -0.05) is 23.7 Å². The van der Waals surface area contributed by atoms with Crippen LogP contribution in [0.2, 0.25) is 5.02 Å². The van der Waals surface area contributed by atoms with Crippen LogP contribution in [-0.4, -0.2) is 53.9 Å². The van der Waals surface area contributed by atoms with Gasteiger partial charge in [0.25, 0.3) is 0 Å². The maximum atomic E-state index is 13.0. The SMILES string of the molecule is CCOC(=O)[C@]1(CCSC)N[C@@H](c2ccc(Cl)cc2)[C@H]2C(=O)N(C)C(=O)[C@H]21. The molecule has 1 aromatic carbocycles. The highest BCUT2D eigenvalue weighted by atomic mass is 35.5. The van der Waals surface area contributed by atoms with E-state index in [0.29, 0.717) is 17.2 Å². The number of hydrogen-bond acceptors (Lipinski definition) is 6. The van der Waals surface area contributed by atoms with Gasteiger partial charge in [0.15, 0.2) is 0 Å². The number of benzene rings is 1. The van der Waals surface area contributed by atoms with Crippen LogP contribution in [0.25, 0.3) is 0 Å². The number of esters is 1. The highest BCUT2D eigenvalue weighted by molar-refractivity contribution is 7.98. The Morgan fingerprint density at radius 2 is 1.96 bits per heavy atom. The van der Waals surface area contributed by atoms with Crippen molar-refractivity contribution in [3.05, 3.63) is 34.9 Å². The topological polar surface area (TPSA) is 75.7 Å². The molecule has 3 rings (SSSR count). The van der Waals surface area contributed by atoms with Gasteiger partial charge in [-0.25, -0.2) is 0 Å². The van der Waals surface area contributed by atoms with Crippen molar-refractivity contribution in [3.8, 4) is 0 Å². The van der Waals surface area contributed by atoms with Gasteiger partial charge >= 0.3 is 5.97 Å². The van der Waals surface area contributed by atoms with Crippen LogP contribution >= 0.6 is 23.4 Å². The summed E-state index contributed by atoms with van der Waals surface area (Å²) in [6.07, 6.45) is 2.35. The normalized spacial score (nSPS) is 29.9. The highest BCUT2D eigenvalue weighted by Gasteiger charge is 2.67. The molecule has 2 aliphatic heterocycles. The minimum atomic E-state index is -1.22. The minimum absolute atomic E-state index is 0.211. The molecule has 2 saturated heterocycles. The Morgan fingerprint density at radius 1 is 1.30 bits per heavy atom. The lowest BCUT2D eigenvalue weighted by molar-refractivity contribution is -0.156. The third-order valence-corrected chi connectivity index (χ3v) is 6.31. The number of carbonyl (C=O) groups excluding carboxylic acids is 3. The second-order valence-corrected chi connectivity index (χ2v) is 8.27. The summed E-state index contributed by atoms with van der Waals surface area (Å²) >= 11 is 7.58. The van der Waals surface area contributed by atoms with Crippen molar-refractivity contribution in [1.29, 1.82) is 0 Å². The molecule has 1 N–H and O–H groups in total. The summed E-state index contributed by atoms with van der Waals surface area (Å²) in [5.41, 5.74) is -0.396. The van der Waals surface area contributed by atoms with Crippen LogP contribution in [0.4, 0.5) is 0 Å². The molecule has 27 heavy (non-hydrogen) atoms. The van der Waals surface area contributed by atoms with Crippen molar-refractivity contribution in [3.63, 3.8) is 0 Å². The van der Waals surface area contributed by atoms with Crippen LogP contribution in [-0.2, 0) is 19.1 Å². The van der Waals surface area contributed by atoms with Gasteiger partial charge in [0.2, 0.25) is 11.8 Å². The monoisotopic (exact) mass is 410 g/mol. The maximum absolute atomic E-state index is 13.0. The summed E-state index contributed by atoms with van der Waals surface area (Å²) in [6, 6.07) is 6.67. The van der Waals surface area contributed by atoms with E-state index in [2.05, 4.69) is 5.32 Å². The summed E-state index contributed by atoms with van der Waals surface area (Å²) in [4.78, 5) is 40.0. The first-order valence-corrected chi connectivity index (χ1v) is 10.6. The number of likely N-dealkylation sites (tertiary alicyclic amines) is 1. The van der Waals surface area contributed by atoms with Crippen LogP contribution in [0, 0.1) is 11.8 Å². The van der Waals surface area contributed by atoms with Crippen molar-refractivity contribution in [2.24, 2.45) is 11.8 Å². The largest absolute Gasteiger partial charge is 0.465 e. The Bertz CT molecular complexity index is 757. The first kappa shape index (κ1) is 20.2. The molecule has 0 radical (unpaired) electrons. The number of rotatable bonds is 6. The van der Waals surface area contributed by atoms with Crippen LogP contribution in [0.5, 0.6) is 0 Å². The summed E-state index contributed by atoms with van der Waals surface area (Å²) in [5.74, 6) is -1.83. The fourth-order valence-corrected chi connectivity index (χ4v) is 4.80. The zero-order valence-corrected chi connectivity index (χ0v) is 17.1. The molecule has 0 aliphatic carbocycles. The van der Waals surface area contributed by atoms with Gasteiger partial charge in [0, 0.05) is 18.1 Å². The Kier molecular flexibility index (Phi) is 5.84. The number of nitrogens with zero attached hydrogens (tertiary/aromatic N) is 1. The van der Waals surface area contributed by atoms with Gasteiger partial charge in [0.05, 0.1) is 18.4 Å². The predicted molar refractivity (Wildman–Crippen MR) is 104 cm³/mol. The number of nitrogens with one attached hydrogen (secondary N) is 1. The number of ether oxygens (including phenoxy) is 1. The molecule has 2 heterocycles. The summed E-state index contributed by atoms with van der Waals surface area (Å²) < 4.78 is 5.34. The molecule has 0 saturated carbocycles. The van der Waals surface area contributed by atoms with E-state index in [1.165, 1.54) is 7.05 Å². The van der Waals surface area contributed by atoms with Crippen LogP contribution < -0.4 is 5.32 Å². The Labute approximate surface area is 167 Å². The summed E-state index contributed by atoms with van der Waals surface area (Å²) in [7, 11) is 1.48. The second-order valence-electron chi connectivity index (χ2n) is 6.85. The molecule has 0 aromatic heterocycles. The number of hydrogen-bond donors (Lipinski definition) is 1. The van der Waals surface area contributed by atoms with Gasteiger partial charge in [-0.15, -0.1) is 0 Å². The van der Waals surface area contributed by atoms with Crippen molar-refractivity contribution in [2.45, 2.75) is 24.9 Å².